The second-order valence-electron chi connectivity index (χ2n) is 7.11. The molecule has 1 atom stereocenters. The van der Waals surface area contributed by atoms with Crippen molar-refractivity contribution in [2.75, 3.05) is 32.2 Å². The summed E-state index contributed by atoms with van der Waals surface area (Å²) >= 11 is 0. The Morgan fingerprint density at radius 1 is 1.22 bits per heavy atom. The third kappa shape index (κ3) is 5.48. The number of nitrogens with zero attached hydrogens (tertiary/aromatic N) is 1. The van der Waals surface area contributed by atoms with Crippen LogP contribution in [0.1, 0.15) is 21.5 Å². The number of hydrogen-bond acceptors (Lipinski definition) is 5. The Labute approximate surface area is 181 Å². The summed E-state index contributed by atoms with van der Waals surface area (Å²) in [6, 6.07) is 8.34. The fourth-order valence-corrected chi connectivity index (χ4v) is 3.39. The molecule has 1 heterocycles. The zero-order valence-corrected chi connectivity index (χ0v) is 17.1. The molecule has 8 nitrogen and oxygen atoms in total. The summed E-state index contributed by atoms with van der Waals surface area (Å²) in [5, 5.41) is 11.2. The van der Waals surface area contributed by atoms with Crippen molar-refractivity contribution in [1.29, 1.82) is 0 Å². The summed E-state index contributed by atoms with van der Waals surface area (Å²) in [5.74, 6) is -0.539. The molecule has 1 saturated heterocycles. The van der Waals surface area contributed by atoms with Gasteiger partial charge in [0.1, 0.15) is 5.75 Å². The van der Waals surface area contributed by atoms with Crippen LogP contribution in [0.25, 0.3) is 0 Å². The van der Waals surface area contributed by atoms with E-state index in [1.165, 1.54) is 24.1 Å². The third-order valence-electron chi connectivity index (χ3n) is 5.05. The fourth-order valence-electron chi connectivity index (χ4n) is 3.39. The zero-order valence-electron chi connectivity index (χ0n) is 17.1. The van der Waals surface area contributed by atoms with Gasteiger partial charge in [-0.05, 0) is 42.3 Å². The van der Waals surface area contributed by atoms with Crippen molar-refractivity contribution in [3.05, 3.63) is 59.2 Å². The molecule has 1 fully saturated rings. The Morgan fingerprint density at radius 3 is 2.56 bits per heavy atom. The maximum Gasteiger partial charge on any atom is 0.416 e. The molecule has 3 amide bonds. The molecule has 11 heteroatoms. The largest absolute Gasteiger partial charge is 0.495 e. The predicted octanol–water partition coefficient (Wildman–Crippen LogP) is 3.31. The lowest BCUT2D eigenvalue weighted by atomic mass is 10.0. The van der Waals surface area contributed by atoms with E-state index < -0.39 is 23.7 Å². The lowest BCUT2D eigenvalue weighted by Gasteiger charge is -2.36. The average molecular weight is 453 g/mol. The van der Waals surface area contributed by atoms with Crippen LogP contribution in [0.5, 0.6) is 5.75 Å². The highest BCUT2D eigenvalue weighted by Gasteiger charge is 2.32. The molecule has 0 spiro atoms. The fraction of sp³-hybridized carbons (Fsp3) is 0.333. The topological polar surface area (TPSA) is 100 Å². The minimum absolute atomic E-state index is 0.0862. The molecule has 0 aromatic heterocycles. The van der Waals surface area contributed by atoms with E-state index in [1.54, 1.807) is 17.6 Å². The monoisotopic (exact) mass is 453 g/mol. The van der Waals surface area contributed by atoms with Crippen LogP contribution < -0.4 is 15.5 Å². The number of anilines is 1. The highest BCUT2D eigenvalue weighted by atomic mass is 19.4. The van der Waals surface area contributed by atoms with Crippen LogP contribution in [0.3, 0.4) is 0 Å². The molecular weight excluding hydrogens is 431 g/mol. The van der Waals surface area contributed by atoms with Crippen molar-refractivity contribution in [2.24, 2.45) is 0 Å². The van der Waals surface area contributed by atoms with Gasteiger partial charge in [-0.3, -0.25) is 10.0 Å². The minimum atomic E-state index is -4.56. The van der Waals surface area contributed by atoms with Gasteiger partial charge in [-0.2, -0.15) is 13.2 Å². The molecule has 2 aromatic rings. The number of ether oxygens (including phenoxy) is 2. The van der Waals surface area contributed by atoms with Crippen molar-refractivity contribution in [1.82, 2.24) is 10.4 Å². The number of methoxy groups -OCH3 is 1. The highest BCUT2D eigenvalue weighted by Crippen LogP contribution is 2.35. The predicted molar refractivity (Wildman–Crippen MR) is 108 cm³/mol. The number of hydrogen-bond donors (Lipinski definition) is 3. The molecule has 0 saturated carbocycles. The van der Waals surface area contributed by atoms with Gasteiger partial charge >= 0.3 is 12.2 Å². The van der Waals surface area contributed by atoms with E-state index in [0.29, 0.717) is 13.0 Å². The Bertz CT molecular complexity index is 966. The number of carbonyl (C=O) groups excluding carboxylic acids is 2. The molecule has 1 aliphatic heterocycles. The maximum absolute atomic E-state index is 13.1. The summed E-state index contributed by atoms with van der Waals surface area (Å²) in [4.78, 5) is 25.9. The number of hydroxylamine groups is 1. The van der Waals surface area contributed by atoms with Gasteiger partial charge in [0.15, 0.2) is 0 Å². The normalized spacial score (nSPS) is 16.4. The van der Waals surface area contributed by atoms with Gasteiger partial charge in [-0.15, -0.1) is 0 Å². The summed E-state index contributed by atoms with van der Waals surface area (Å²) in [6.45, 7) is 0.786. The van der Waals surface area contributed by atoms with Crippen molar-refractivity contribution in [2.45, 2.75) is 18.6 Å². The van der Waals surface area contributed by atoms with E-state index in [4.69, 9.17) is 14.7 Å². The number of rotatable bonds is 5. The van der Waals surface area contributed by atoms with Crippen molar-refractivity contribution < 1.29 is 37.4 Å². The van der Waals surface area contributed by atoms with Crippen molar-refractivity contribution in [3.8, 4) is 5.75 Å². The third-order valence-corrected chi connectivity index (χ3v) is 5.05. The molecule has 32 heavy (non-hydrogen) atoms. The van der Waals surface area contributed by atoms with Gasteiger partial charge in [0.25, 0.3) is 5.91 Å². The Morgan fingerprint density at radius 2 is 1.94 bits per heavy atom. The minimum Gasteiger partial charge on any atom is -0.495 e. The summed E-state index contributed by atoms with van der Waals surface area (Å²) < 4.78 is 49.8. The Kier molecular flexibility index (Phi) is 7.21. The van der Waals surface area contributed by atoms with E-state index in [1.807, 2.05) is 0 Å². The lowest BCUT2D eigenvalue weighted by Crippen LogP contribution is -2.51. The van der Waals surface area contributed by atoms with E-state index in [9.17, 15) is 22.8 Å². The smallest absolute Gasteiger partial charge is 0.416 e. The molecule has 0 radical (unpaired) electrons. The number of benzene rings is 2. The molecule has 2 aromatic carbocycles. The van der Waals surface area contributed by atoms with Crippen molar-refractivity contribution >= 4 is 17.6 Å². The van der Waals surface area contributed by atoms with Gasteiger partial charge < -0.3 is 19.7 Å². The molecule has 0 bridgehead atoms. The molecule has 1 aliphatic rings. The zero-order chi connectivity index (χ0) is 23.3. The molecule has 0 aliphatic carbocycles. The number of amides is 3. The number of morpholine rings is 1. The van der Waals surface area contributed by atoms with Crippen LogP contribution in [0.4, 0.5) is 23.7 Å². The highest BCUT2D eigenvalue weighted by molar-refractivity contribution is 5.93. The number of alkyl halides is 3. The second kappa shape index (κ2) is 9.88. The van der Waals surface area contributed by atoms with Gasteiger partial charge in [0.05, 0.1) is 37.6 Å². The number of carbonyl (C=O) groups is 2. The second-order valence-corrected chi connectivity index (χ2v) is 7.11. The summed E-state index contributed by atoms with van der Waals surface area (Å²) in [5.41, 5.74) is 1.64. The summed E-state index contributed by atoms with van der Waals surface area (Å²) in [7, 11) is 1.30. The van der Waals surface area contributed by atoms with E-state index in [2.05, 4.69) is 5.32 Å². The van der Waals surface area contributed by atoms with Gasteiger partial charge in [0, 0.05) is 12.1 Å². The number of urea groups is 1. The van der Waals surface area contributed by atoms with Gasteiger partial charge in [-0.1, -0.05) is 12.1 Å². The van der Waals surface area contributed by atoms with E-state index in [-0.39, 0.29) is 36.2 Å². The van der Waals surface area contributed by atoms with Gasteiger partial charge in [0.2, 0.25) is 0 Å². The molecular formula is C21H22F3N3O5. The molecule has 1 unspecified atom stereocenters. The van der Waals surface area contributed by atoms with E-state index in [0.717, 1.165) is 23.8 Å². The van der Waals surface area contributed by atoms with Crippen molar-refractivity contribution in [3.63, 3.8) is 0 Å². The Balaban J connectivity index is 1.75. The lowest BCUT2D eigenvalue weighted by molar-refractivity contribution is -0.137. The van der Waals surface area contributed by atoms with Crippen LogP contribution in [0.15, 0.2) is 42.5 Å². The first-order chi connectivity index (χ1) is 15.2. The number of nitrogens with one attached hydrogen (secondary N) is 2. The van der Waals surface area contributed by atoms with E-state index >= 15 is 0 Å². The van der Waals surface area contributed by atoms with Crippen LogP contribution in [0, 0.1) is 0 Å². The van der Waals surface area contributed by atoms with Crippen LogP contribution in [-0.2, 0) is 17.3 Å². The first-order valence-corrected chi connectivity index (χ1v) is 9.67. The SMILES string of the molecule is COc1ccc(C(F)(F)F)cc1NC(=O)N1CCOCC1Cc1ccc(C(=O)NO)cc1. The number of halogens is 3. The van der Waals surface area contributed by atoms with Gasteiger partial charge in [-0.25, -0.2) is 10.3 Å². The standard InChI is InChI=1S/C21H22F3N3O5/c1-31-18-7-6-15(21(22,23)24)11-17(18)25-20(29)27-8-9-32-12-16(27)10-13-2-4-14(5-3-13)19(28)26-30/h2-7,11,16,30H,8-10,12H2,1H3,(H,25,29)(H,26,28). The molecule has 3 rings (SSSR count). The first kappa shape index (κ1) is 23.4. The Hall–Kier alpha value is -3.31. The molecule has 3 N–H and O–H groups in total. The summed E-state index contributed by atoms with van der Waals surface area (Å²) in [6.07, 6.45) is -4.17. The average Bonchev–Trinajstić information content (AvgIpc) is 2.78. The molecule has 172 valence electrons. The maximum atomic E-state index is 13.1. The first-order valence-electron chi connectivity index (χ1n) is 9.67. The quantitative estimate of drug-likeness (QED) is 0.477. The van der Waals surface area contributed by atoms with Crippen LogP contribution in [-0.4, -0.2) is 55.0 Å². The van der Waals surface area contributed by atoms with Crippen LogP contribution in [0.2, 0.25) is 0 Å². The van der Waals surface area contributed by atoms with Crippen LogP contribution >= 0.6 is 0 Å².